The van der Waals surface area contributed by atoms with Gasteiger partial charge >= 0.3 is 0 Å². The van der Waals surface area contributed by atoms with Gasteiger partial charge in [-0.1, -0.05) is 13.0 Å². The molecule has 0 spiro atoms. The first-order valence-corrected chi connectivity index (χ1v) is 10.8. The Kier molecular flexibility index (Phi) is 6.06. The molecule has 2 aromatic rings. The number of aromatic nitrogens is 3. The van der Waals surface area contributed by atoms with Crippen LogP contribution >= 0.6 is 0 Å². The molecule has 1 aliphatic heterocycles. The number of phenols is 1. The molecule has 0 bridgehead atoms. The van der Waals surface area contributed by atoms with Crippen LogP contribution in [0.1, 0.15) is 42.9 Å². The molecule has 0 unspecified atom stereocenters. The molecular weight excluding hydrogens is 382 g/mol. The average Bonchev–Trinajstić information content (AvgIpc) is 3.22. The Balaban J connectivity index is 1.70. The molecule has 2 N–H and O–H groups in total. The van der Waals surface area contributed by atoms with Crippen LogP contribution in [0.3, 0.4) is 0 Å². The zero-order valence-corrected chi connectivity index (χ0v) is 18.1. The third kappa shape index (κ3) is 3.81. The summed E-state index contributed by atoms with van der Waals surface area (Å²) in [5.41, 5.74) is 3.23. The number of nitrogens with zero attached hydrogens (tertiary/aromatic N) is 4. The van der Waals surface area contributed by atoms with Crippen LogP contribution in [0.15, 0.2) is 10.9 Å². The number of fused-ring (bicyclic) bond motifs is 1. The number of likely N-dealkylation sites (tertiary alicyclic amines) is 1. The zero-order valence-electron chi connectivity index (χ0n) is 18.1. The van der Waals surface area contributed by atoms with E-state index >= 15 is 0 Å². The Hall–Kier alpha value is -2.45. The number of ether oxygens (including phenoxy) is 1. The van der Waals surface area contributed by atoms with Crippen molar-refractivity contribution in [2.75, 3.05) is 32.1 Å². The van der Waals surface area contributed by atoms with Crippen LogP contribution < -0.4 is 10.9 Å². The number of benzene rings is 1. The summed E-state index contributed by atoms with van der Waals surface area (Å²) >= 11 is 0. The number of nitrogens with one attached hydrogen (secondary N) is 1. The first kappa shape index (κ1) is 20.8. The predicted octanol–water partition coefficient (Wildman–Crippen LogP) is 2.08. The standard InChI is InChI=1S/C22H31N5O3/c1-4-27-10-6-8-16(12-27)23-20-22(29)26(2)21(25-24-20)18-15(13-30-3)11-14-7-5-9-17(14)19(18)28/h11,16,28H,4-10,12-13H2,1-3H3,(H,23,24)/t16-/m1/s1. The van der Waals surface area contributed by atoms with Crippen molar-refractivity contribution < 1.29 is 9.84 Å². The van der Waals surface area contributed by atoms with Crippen LogP contribution in [-0.4, -0.2) is 57.6 Å². The van der Waals surface area contributed by atoms with Crippen LogP contribution in [0.5, 0.6) is 5.75 Å². The first-order chi connectivity index (χ1) is 14.5. The van der Waals surface area contributed by atoms with Crippen LogP contribution in [-0.2, 0) is 31.2 Å². The number of aromatic hydroxyl groups is 1. The summed E-state index contributed by atoms with van der Waals surface area (Å²) in [6.07, 6.45) is 4.90. The van der Waals surface area contributed by atoms with Crippen molar-refractivity contribution in [2.45, 2.75) is 51.7 Å². The number of likely N-dealkylation sites (N-methyl/N-ethyl adjacent to an activating group) is 1. The van der Waals surface area contributed by atoms with Crippen LogP contribution in [0.4, 0.5) is 5.82 Å². The Bertz CT molecular complexity index is 988. The highest BCUT2D eigenvalue weighted by molar-refractivity contribution is 5.72. The summed E-state index contributed by atoms with van der Waals surface area (Å²) in [7, 11) is 3.30. The number of phenolic OH excluding ortho intramolecular Hbond substituents is 1. The highest BCUT2D eigenvalue weighted by Gasteiger charge is 2.26. The molecule has 0 saturated carbocycles. The summed E-state index contributed by atoms with van der Waals surface area (Å²) in [4.78, 5) is 15.4. The van der Waals surface area contributed by atoms with Gasteiger partial charge in [-0.25, -0.2) is 0 Å². The lowest BCUT2D eigenvalue weighted by molar-refractivity contribution is 0.185. The molecule has 30 heavy (non-hydrogen) atoms. The van der Waals surface area contributed by atoms with E-state index in [9.17, 15) is 9.90 Å². The molecule has 2 aliphatic rings. The van der Waals surface area contributed by atoms with E-state index in [1.807, 2.05) is 0 Å². The molecule has 8 heteroatoms. The van der Waals surface area contributed by atoms with E-state index in [0.717, 1.165) is 68.4 Å². The van der Waals surface area contributed by atoms with E-state index in [0.29, 0.717) is 18.0 Å². The molecule has 0 radical (unpaired) electrons. The first-order valence-electron chi connectivity index (χ1n) is 10.8. The number of hydrogen-bond acceptors (Lipinski definition) is 7. The minimum absolute atomic E-state index is 0.184. The molecule has 1 fully saturated rings. The van der Waals surface area contributed by atoms with Gasteiger partial charge in [0.05, 0.1) is 12.2 Å². The van der Waals surface area contributed by atoms with Crippen molar-refractivity contribution in [3.8, 4) is 17.1 Å². The summed E-state index contributed by atoms with van der Waals surface area (Å²) < 4.78 is 6.83. The Morgan fingerprint density at radius 3 is 2.90 bits per heavy atom. The molecular formula is C22H31N5O3. The van der Waals surface area contributed by atoms with Crippen molar-refractivity contribution >= 4 is 5.82 Å². The topological polar surface area (TPSA) is 92.5 Å². The van der Waals surface area contributed by atoms with Gasteiger partial charge in [0.1, 0.15) is 5.75 Å². The lowest BCUT2D eigenvalue weighted by atomic mass is 9.98. The number of rotatable bonds is 6. The monoisotopic (exact) mass is 413 g/mol. The van der Waals surface area contributed by atoms with Gasteiger partial charge in [0.15, 0.2) is 5.82 Å². The summed E-state index contributed by atoms with van der Waals surface area (Å²) in [6, 6.07) is 2.25. The van der Waals surface area contributed by atoms with Gasteiger partial charge in [0, 0.05) is 26.7 Å². The average molecular weight is 414 g/mol. The second kappa shape index (κ2) is 8.73. The van der Waals surface area contributed by atoms with E-state index in [4.69, 9.17) is 4.74 Å². The largest absolute Gasteiger partial charge is 0.507 e. The Morgan fingerprint density at radius 2 is 2.13 bits per heavy atom. The minimum Gasteiger partial charge on any atom is -0.507 e. The maximum absolute atomic E-state index is 13.1. The van der Waals surface area contributed by atoms with Crippen LogP contribution in [0.25, 0.3) is 11.4 Å². The second-order valence-electron chi connectivity index (χ2n) is 8.30. The van der Waals surface area contributed by atoms with Crippen LogP contribution in [0, 0.1) is 0 Å². The van der Waals surface area contributed by atoms with Gasteiger partial charge in [0.2, 0.25) is 5.82 Å². The van der Waals surface area contributed by atoms with Gasteiger partial charge in [-0.05, 0) is 61.9 Å². The predicted molar refractivity (Wildman–Crippen MR) is 116 cm³/mol. The normalized spacial score (nSPS) is 19.1. The molecule has 8 nitrogen and oxygen atoms in total. The minimum atomic E-state index is -0.239. The van der Waals surface area contributed by atoms with E-state index in [2.05, 4.69) is 33.4 Å². The van der Waals surface area contributed by atoms with E-state index in [1.165, 1.54) is 4.57 Å². The van der Waals surface area contributed by atoms with Gasteiger partial charge < -0.3 is 20.1 Å². The number of anilines is 1. The SMILES string of the molecule is CCN1CCC[C@@H](Nc2nnc(-c3c(COC)cc4c(c3O)CCC4)n(C)c2=O)C1. The molecule has 2 heterocycles. The highest BCUT2D eigenvalue weighted by Crippen LogP contribution is 2.40. The Morgan fingerprint density at radius 1 is 1.30 bits per heavy atom. The van der Waals surface area contributed by atoms with Crippen molar-refractivity contribution in [1.82, 2.24) is 19.7 Å². The fourth-order valence-electron chi connectivity index (χ4n) is 4.73. The Labute approximate surface area is 176 Å². The molecule has 1 aromatic carbocycles. The van der Waals surface area contributed by atoms with Crippen LogP contribution in [0.2, 0.25) is 0 Å². The third-order valence-corrected chi connectivity index (χ3v) is 6.34. The maximum atomic E-state index is 13.1. The summed E-state index contributed by atoms with van der Waals surface area (Å²) in [6.45, 7) is 5.47. The van der Waals surface area contributed by atoms with Gasteiger partial charge in [0.25, 0.3) is 5.56 Å². The van der Waals surface area contributed by atoms with Crippen molar-refractivity contribution in [1.29, 1.82) is 0 Å². The fraction of sp³-hybridized carbons (Fsp3) is 0.591. The number of hydrogen-bond donors (Lipinski definition) is 2. The molecule has 1 saturated heterocycles. The number of methoxy groups -OCH3 is 1. The van der Waals surface area contributed by atoms with E-state index in [-0.39, 0.29) is 23.2 Å². The van der Waals surface area contributed by atoms with Crippen molar-refractivity contribution in [3.05, 3.63) is 33.1 Å². The van der Waals surface area contributed by atoms with E-state index < -0.39 is 0 Å². The second-order valence-corrected chi connectivity index (χ2v) is 8.30. The smallest absolute Gasteiger partial charge is 0.296 e. The molecule has 0 amide bonds. The summed E-state index contributed by atoms with van der Waals surface area (Å²) in [5, 5.41) is 22.9. The molecule has 162 valence electrons. The molecule has 1 atom stereocenters. The van der Waals surface area contributed by atoms with Gasteiger partial charge in [-0.15, -0.1) is 10.2 Å². The zero-order chi connectivity index (χ0) is 21.3. The molecule has 1 aliphatic carbocycles. The summed E-state index contributed by atoms with van der Waals surface area (Å²) in [5.74, 6) is 0.828. The lowest BCUT2D eigenvalue weighted by Gasteiger charge is -2.32. The molecule has 1 aromatic heterocycles. The quantitative estimate of drug-likeness (QED) is 0.749. The van der Waals surface area contributed by atoms with Gasteiger partial charge in [-0.2, -0.15) is 0 Å². The molecule has 4 rings (SSSR count). The number of aryl methyl sites for hydroxylation is 1. The number of piperidine rings is 1. The van der Waals surface area contributed by atoms with Crippen molar-refractivity contribution in [3.63, 3.8) is 0 Å². The van der Waals surface area contributed by atoms with Gasteiger partial charge in [-0.3, -0.25) is 9.36 Å². The highest BCUT2D eigenvalue weighted by atomic mass is 16.5. The maximum Gasteiger partial charge on any atom is 0.296 e. The third-order valence-electron chi connectivity index (χ3n) is 6.34. The fourth-order valence-corrected chi connectivity index (χ4v) is 4.73. The van der Waals surface area contributed by atoms with Crippen molar-refractivity contribution in [2.24, 2.45) is 7.05 Å². The van der Waals surface area contributed by atoms with E-state index in [1.54, 1.807) is 14.2 Å². The lowest BCUT2D eigenvalue weighted by Crippen LogP contribution is -2.43.